The fourth-order valence-corrected chi connectivity index (χ4v) is 3.25. The van der Waals surface area contributed by atoms with Crippen LogP contribution in [0.5, 0.6) is 0 Å². The molecule has 2 aromatic rings. The van der Waals surface area contributed by atoms with E-state index in [1.54, 1.807) is 6.07 Å². The summed E-state index contributed by atoms with van der Waals surface area (Å²) in [5.41, 5.74) is 10.3. The van der Waals surface area contributed by atoms with Crippen LogP contribution in [0.1, 0.15) is 22.6 Å². The second kappa shape index (κ2) is 5.43. The molecule has 102 valence electrons. The molecular weight excluding hydrogens is 288 g/mol. The Morgan fingerprint density at radius 2 is 2.05 bits per heavy atom. The molecule has 1 atom stereocenters. The normalized spacial score (nSPS) is 16.1. The maximum atomic E-state index is 6.16. The van der Waals surface area contributed by atoms with Crippen LogP contribution in [0.3, 0.4) is 0 Å². The molecule has 2 nitrogen and oxygen atoms in total. The topological polar surface area (TPSA) is 38.0 Å². The minimum atomic E-state index is 0.326. The molecular formula is C16H15ClN2S. The first-order valence-corrected chi connectivity index (χ1v) is 7.35. The van der Waals surface area contributed by atoms with Crippen molar-refractivity contribution in [2.75, 3.05) is 11.9 Å². The lowest BCUT2D eigenvalue weighted by Gasteiger charge is -2.30. The van der Waals surface area contributed by atoms with Crippen LogP contribution in [0.25, 0.3) is 0 Å². The van der Waals surface area contributed by atoms with Crippen molar-refractivity contribution < 1.29 is 0 Å². The number of nitrogens with one attached hydrogen (secondary N) is 1. The molecule has 0 aromatic heterocycles. The molecule has 20 heavy (non-hydrogen) atoms. The zero-order valence-electron chi connectivity index (χ0n) is 10.9. The van der Waals surface area contributed by atoms with Gasteiger partial charge in [0.05, 0.1) is 10.6 Å². The number of rotatable bonds is 4. The molecule has 0 fully saturated rings. The Morgan fingerprint density at radius 3 is 2.80 bits per heavy atom. The summed E-state index contributed by atoms with van der Waals surface area (Å²) in [5.74, 6) is 0.546. The number of anilines is 1. The van der Waals surface area contributed by atoms with Gasteiger partial charge in [-0.2, -0.15) is 0 Å². The number of thiocarbonyl (C=S) groups is 1. The van der Waals surface area contributed by atoms with Crippen molar-refractivity contribution in [2.24, 2.45) is 5.73 Å². The van der Waals surface area contributed by atoms with Gasteiger partial charge in [0.1, 0.15) is 4.99 Å². The van der Waals surface area contributed by atoms with E-state index in [1.807, 2.05) is 12.1 Å². The summed E-state index contributed by atoms with van der Waals surface area (Å²) in [6.07, 6.45) is 1.12. The minimum absolute atomic E-state index is 0.326. The standard InChI is InChI=1S/C16H15ClN2S/c17-13-6-3-7-14(15(13)16(18)20)19-9-11-8-10-4-1-2-5-12(10)11/h1-7,11,19H,8-9H2,(H2,18,20). The number of fused-ring (bicyclic) bond motifs is 1. The van der Waals surface area contributed by atoms with Gasteiger partial charge >= 0.3 is 0 Å². The van der Waals surface area contributed by atoms with Gasteiger partial charge in [-0.1, -0.05) is 54.2 Å². The number of hydrogen-bond acceptors (Lipinski definition) is 2. The van der Waals surface area contributed by atoms with Crippen LogP contribution >= 0.6 is 23.8 Å². The third kappa shape index (κ3) is 2.39. The van der Waals surface area contributed by atoms with E-state index in [0.29, 0.717) is 15.9 Å². The lowest BCUT2D eigenvalue weighted by Crippen LogP contribution is -2.25. The van der Waals surface area contributed by atoms with Gasteiger partial charge in [0.15, 0.2) is 0 Å². The highest BCUT2D eigenvalue weighted by Crippen LogP contribution is 2.35. The average molecular weight is 303 g/mol. The first-order valence-electron chi connectivity index (χ1n) is 6.57. The second-order valence-corrected chi connectivity index (χ2v) is 5.85. The van der Waals surface area contributed by atoms with Crippen LogP contribution in [-0.2, 0) is 6.42 Å². The summed E-state index contributed by atoms with van der Waals surface area (Å²) >= 11 is 11.2. The molecule has 0 saturated carbocycles. The highest BCUT2D eigenvalue weighted by Gasteiger charge is 2.25. The number of benzene rings is 2. The predicted molar refractivity (Wildman–Crippen MR) is 88.7 cm³/mol. The minimum Gasteiger partial charge on any atom is -0.389 e. The van der Waals surface area contributed by atoms with E-state index >= 15 is 0 Å². The molecule has 0 saturated heterocycles. The SMILES string of the molecule is NC(=S)c1c(Cl)cccc1NCC1Cc2ccccc21. The number of hydrogen-bond donors (Lipinski definition) is 2. The number of halogens is 1. The van der Waals surface area contributed by atoms with Crippen LogP contribution in [0.4, 0.5) is 5.69 Å². The molecule has 0 spiro atoms. The van der Waals surface area contributed by atoms with E-state index in [2.05, 4.69) is 29.6 Å². The highest BCUT2D eigenvalue weighted by atomic mass is 35.5. The molecule has 1 aliphatic rings. The van der Waals surface area contributed by atoms with Gasteiger partial charge in [0, 0.05) is 18.2 Å². The summed E-state index contributed by atoms with van der Waals surface area (Å²) < 4.78 is 0. The lowest BCUT2D eigenvalue weighted by atomic mass is 9.77. The summed E-state index contributed by atoms with van der Waals surface area (Å²) in [5, 5.41) is 4.02. The summed E-state index contributed by atoms with van der Waals surface area (Å²) in [6.45, 7) is 0.868. The van der Waals surface area contributed by atoms with E-state index in [1.165, 1.54) is 11.1 Å². The van der Waals surface area contributed by atoms with Crippen molar-refractivity contribution >= 4 is 34.5 Å². The average Bonchev–Trinajstić information content (AvgIpc) is 2.39. The largest absolute Gasteiger partial charge is 0.389 e. The molecule has 1 aliphatic carbocycles. The zero-order chi connectivity index (χ0) is 14.1. The monoisotopic (exact) mass is 302 g/mol. The Hall–Kier alpha value is -1.58. The maximum Gasteiger partial charge on any atom is 0.107 e. The van der Waals surface area contributed by atoms with E-state index in [-0.39, 0.29) is 0 Å². The third-order valence-corrected chi connectivity index (χ3v) is 4.28. The quantitative estimate of drug-likeness (QED) is 0.845. The van der Waals surface area contributed by atoms with Crippen LogP contribution in [-0.4, -0.2) is 11.5 Å². The van der Waals surface area contributed by atoms with Crippen molar-refractivity contribution in [1.29, 1.82) is 0 Å². The van der Waals surface area contributed by atoms with Crippen molar-refractivity contribution in [2.45, 2.75) is 12.3 Å². The Bertz CT molecular complexity index is 669. The van der Waals surface area contributed by atoms with Gasteiger partial charge in [-0.3, -0.25) is 0 Å². The lowest BCUT2D eigenvalue weighted by molar-refractivity contribution is 0.636. The third-order valence-electron chi connectivity index (χ3n) is 3.76. The molecule has 0 radical (unpaired) electrons. The van der Waals surface area contributed by atoms with Crippen molar-refractivity contribution in [3.8, 4) is 0 Å². The van der Waals surface area contributed by atoms with Gasteiger partial charge < -0.3 is 11.1 Å². The van der Waals surface area contributed by atoms with Gasteiger partial charge in [-0.05, 0) is 29.7 Å². The predicted octanol–water partition coefficient (Wildman–Crippen LogP) is 3.73. The molecule has 2 aromatic carbocycles. The van der Waals surface area contributed by atoms with Crippen molar-refractivity contribution in [3.05, 3.63) is 64.2 Å². The Kier molecular flexibility index (Phi) is 3.64. The van der Waals surface area contributed by atoms with E-state index in [4.69, 9.17) is 29.6 Å². The highest BCUT2D eigenvalue weighted by molar-refractivity contribution is 7.80. The van der Waals surface area contributed by atoms with Crippen LogP contribution in [0, 0.1) is 0 Å². The maximum absolute atomic E-state index is 6.16. The van der Waals surface area contributed by atoms with E-state index in [9.17, 15) is 0 Å². The Balaban J connectivity index is 1.75. The molecule has 3 N–H and O–H groups in total. The Morgan fingerprint density at radius 1 is 1.25 bits per heavy atom. The smallest absolute Gasteiger partial charge is 0.107 e. The molecule has 0 bridgehead atoms. The van der Waals surface area contributed by atoms with Crippen molar-refractivity contribution in [1.82, 2.24) is 0 Å². The van der Waals surface area contributed by atoms with Gasteiger partial charge in [-0.15, -0.1) is 0 Å². The van der Waals surface area contributed by atoms with Gasteiger partial charge in [0.2, 0.25) is 0 Å². The summed E-state index contributed by atoms with van der Waals surface area (Å²) in [7, 11) is 0. The molecule has 0 aliphatic heterocycles. The molecule has 0 amide bonds. The van der Waals surface area contributed by atoms with Crippen LogP contribution in [0.2, 0.25) is 5.02 Å². The molecule has 3 rings (SSSR count). The van der Waals surface area contributed by atoms with Crippen LogP contribution < -0.4 is 11.1 Å². The summed E-state index contributed by atoms with van der Waals surface area (Å²) in [4.78, 5) is 0.326. The second-order valence-electron chi connectivity index (χ2n) is 5.01. The summed E-state index contributed by atoms with van der Waals surface area (Å²) in [6, 6.07) is 14.2. The fraction of sp³-hybridized carbons (Fsp3) is 0.188. The Labute approximate surface area is 128 Å². The van der Waals surface area contributed by atoms with Gasteiger partial charge in [0.25, 0.3) is 0 Å². The zero-order valence-corrected chi connectivity index (χ0v) is 12.5. The van der Waals surface area contributed by atoms with E-state index in [0.717, 1.165) is 24.2 Å². The van der Waals surface area contributed by atoms with Crippen LogP contribution in [0.15, 0.2) is 42.5 Å². The molecule has 0 heterocycles. The molecule has 1 unspecified atom stereocenters. The first kappa shape index (κ1) is 13.4. The number of nitrogens with two attached hydrogens (primary N) is 1. The first-order chi connectivity index (χ1) is 9.66. The van der Waals surface area contributed by atoms with E-state index < -0.39 is 0 Å². The van der Waals surface area contributed by atoms with Gasteiger partial charge in [-0.25, -0.2) is 0 Å². The molecule has 4 heteroatoms. The fourth-order valence-electron chi connectivity index (χ4n) is 2.70. The van der Waals surface area contributed by atoms with Crippen molar-refractivity contribution in [3.63, 3.8) is 0 Å².